The largest absolute Gasteiger partial charge is 0.395 e. The number of aromatic amines is 1. The number of rotatable bonds is 1. The summed E-state index contributed by atoms with van der Waals surface area (Å²) in [5, 5.41) is 7.01. The Labute approximate surface area is 83.0 Å². The van der Waals surface area contributed by atoms with Gasteiger partial charge >= 0.3 is 0 Å². The van der Waals surface area contributed by atoms with Gasteiger partial charge in [0.1, 0.15) is 0 Å². The molecule has 0 radical (unpaired) electrons. The number of aromatic nitrogens is 2. The minimum Gasteiger partial charge on any atom is -0.395 e. The molecule has 0 fully saturated rings. The lowest BCUT2D eigenvalue weighted by Gasteiger charge is -2.00. The molecule has 3 N–H and O–H groups in total. The Morgan fingerprint density at radius 1 is 1.29 bits per heavy atom. The maximum absolute atomic E-state index is 5.89. The number of nitrogens with two attached hydrogens (primary N) is 1. The van der Waals surface area contributed by atoms with E-state index in [-0.39, 0.29) is 0 Å². The first-order valence-electron chi connectivity index (χ1n) is 4.56. The van der Waals surface area contributed by atoms with Crippen LogP contribution in [-0.2, 0) is 0 Å². The quantitative estimate of drug-likeness (QED) is 0.719. The Morgan fingerprint density at radius 2 is 2.07 bits per heavy atom. The molecule has 3 nitrogen and oxygen atoms in total. The molecular formula is C11H13N3. The molecule has 0 atom stereocenters. The van der Waals surface area contributed by atoms with Crippen LogP contribution in [0.15, 0.2) is 24.3 Å². The molecule has 1 aromatic heterocycles. The standard InChI is InChI=1S/C11H13N3/c1-7-4-3-5-9(6-7)11-10(12)8(2)13-14-11/h3-6H,12H2,1-2H3,(H,13,14). The number of hydrogen-bond donors (Lipinski definition) is 2. The van der Waals surface area contributed by atoms with Crippen LogP contribution in [0.4, 0.5) is 5.69 Å². The summed E-state index contributed by atoms with van der Waals surface area (Å²) < 4.78 is 0. The lowest BCUT2D eigenvalue weighted by atomic mass is 10.1. The highest BCUT2D eigenvalue weighted by Crippen LogP contribution is 2.25. The topological polar surface area (TPSA) is 54.7 Å². The Balaban J connectivity index is 2.55. The van der Waals surface area contributed by atoms with Gasteiger partial charge in [-0.1, -0.05) is 23.8 Å². The van der Waals surface area contributed by atoms with E-state index in [1.54, 1.807) is 0 Å². The Kier molecular flexibility index (Phi) is 2.00. The van der Waals surface area contributed by atoms with Crippen LogP contribution in [-0.4, -0.2) is 10.2 Å². The van der Waals surface area contributed by atoms with E-state index in [4.69, 9.17) is 5.73 Å². The molecule has 0 amide bonds. The predicted octanol–water partition coefficient (Wildman–Crippen LogP) is 2.28. The Hall–Kier alpha value is -1.77. The molecule has 0 saturated heterocycles. The summed E-state index contributed by atoms with van der Waals surface area (Å²) in [5.41, 5.74) is 10.7. The van der Waals surface area contributed by atoms with E-state index in [2.05, 4.69) is 29.3 Å². The Morgan fingerprint density at radius 3 is 2.64 bits per heavy atom. The van der Waals surface area contributed by atoms with Crippen molar-refractivity contribution in [1.29, 1.82) is 0 Å². The second-order valence-electron chi connectivity index (χ2n) is 3.47. The van der Waals surface area contributed by atoms with Gasteiger partial charge < -0.3 is 5.73 Å². The molecule has 0 saturated carbocycles. The molecule has 0 aliphatic carbocycles. The van der Waals surface area contributed by atoms with E-state index in [1.165, 1.54) is 5.56 Å². The molecule has 2 aromatic rings. The van der Waals surface area contributed by atoms with Crippen LogP contribution in [0, 0.1) is 13.8 Å². The van der Waals surface area contributed by atoms with Crippen molar-refractivity contribution in [3.63, 3.8) is 0 Å². The molecule has 1 heterocycles. The van der Waals surface area contributed by atoms with Crippen molar-refractivity contribution >= 4 is 5.69 Å². The molecule has 0 bridgehead atoms. The summed E-state index contributed by atoms with van der Waals surface area (Å²) in [6.07, 6.45) is 0. The van der Waals surface area contributed by atoms with Crippen molar-refractivity contribution in [3.8, 4) is 11.3 Å². The van der Waals surface area contributed by atoms with Gasteiger partial charge in [-0.2, -0.15) is 5.10 Å². The van der Waals surface area contributed by atoms with Crippen molar-refractivity contribution in [3.05, 3.63) is 35.5 Å². The van der Waals surface area contributed by atoms with Gasteiger partial charge in [0.2, 0.25) is 0 Å². The lowest BCUT2D eigenvalue weighted by molar-refractivity contribution is 1.05. The number of benzene rings is 1. The molecule has 2 rings (SSSR count). The number of nitrogen functional groups attached to an aromatic ring is 1. The maximum atomic E-state index is 5.89. The number of aryl methyl sites for hydroxylation is 2. The normalized spacial score (nSPS) is 10.4. The van der Waals surface area contributed by atoms with E-state index in [1.807, 2.05) is 19.1 Å². The predicted molar refractivity (Wildman–Crippen MR) is 57.9 cm³/mol. The minimum atomic E-state index is 0.732. The van der Waals surface area contributed by atoms with E-state index in [9.17, 15) is 0 Å². The van der Waals surface area contributed by atoms with Crippen LogP contribution in [0.1, 0.15) is 11.3 Å². The van der Waals surface area contributed by atoms with Gasteiger partial charge in [0.25, 0.3) is 0 Å². The zero-order valence-electron chi connectivity index (χ0n) is 8.33. The van der Waals surface area contributed by atoms with Crippen LogP contribution in [0.2, 0.25) is 0 Å². The van der Waals surface area contributed by atoms with E-state index >= 15 is 0 Å². The SMILES string of the molecule is Cc1cccc(-c2[nH]nc(C)c2N)c1. The molecule has 0 spiro atoms. The molecule has 0 aliphatic rings. The number of nitrogens with zero attached hydrogens (tertiary/aromatic N) is 1. The fraction of sp³-hybridized carbons (Fsp3) is 0.182. The molecule has 14 heavy (non-hydrogen) atoms. The molecular weight excluding hydrogens is 174 g/mol. The third-order valence-electron chi connectivity index (χ3n) is 2.30. The van der Waals surface area contributed by atoms with Crippen molar-refractivity contribution in [2.75, 3.05) is 5.73 Å². The van der Waals surface area contributed by atoms with E-state index in [0.717, 1.165) is 22.6 Å². The van der Waals surface area contributed by atoms with Gasteiger partial charge in [-0.3, -0.25) is 5.10 Å². The molecule has 72 valence electrons. The highest BCUT2D eigenvalue weighted by Gasteiger charge is 2.07. The van der Waals surface area contributed by atoms with Crippen molar-refractivity contribution < 1.29 is 0 Å². The summed E-state index contributed by atoms with van der Waals surface area (Å²) >= 11 is 0. The van der Waals surface area contributed by atoms with Gasteiger partial charge in [-0.15, -0.1) is 0 Å². The first kappa shape index (κ1) is 8.81. The monoisotopic (exact) mass is 187 g/mol. The Bertz CT molecular complexity index is 457. The van der Waals surface area contributed by atoms with Crippen molar-refractivity contribution in [1.82, 2.24) is 10.2 Å². The summed E-state index contributed by atoms with van der Waals surface area (Å²) in [6.45, 7) is 3.95. The maximum Gasteiger partial charge on any atom is 0.0882 e. The lowest BCUT2D eigenvalue weighted by Crippen LogP contribution is -1.88. The fourth-order valence-corrected chi connectivity index (χ4v) is 1.46. The second kappa shape index (κ2) is 3.18. The summed E-state index contributed by atoms with van der Waals surface area (Å²) in [6, 6.07) is 8.18. The first-order valence-corrected chi connectivity index (χ1v) is 4.56. The smallest absolute Gasteiger partial charge is 0.0882 e. The van der Waals surface area contributed by atoms with E-state index < -0.39 is 0 Å². The average molecular weight is 187 g/mol. The number of H-pyrrole nitrogens is 1. The highest BCUT2D eigenvalue weighted by molar-refractivity contribution is 5.74. The van der Waals surface area contributed by atoms with Crippen LogP contribution in [0.5, 0.6) is 0 Å². The number of anilines is 1. The van der Waals surface area contributed by atoms with Gasteiger partial charge in [0.05, 0.1) is 17.1 Å². The van der Waals surface area contributed by atoms with Gasteiger partial charge in [-0.25, -0.2) is 0 Å². The summed E-state index contributed by atoms with van der Waals surface area (Å²) in [4.78, 5) is 0. The minimum absolute atomic E-state index is 0.732. The third kappa shape index (κ3) is 1.37. The van der Waals surface area contributed by atoms with Crippen molar-refractivity contribution in [2.24, 2.45) is 0 Å². The average Bonchev–Trinajstić information content (AvgIpc) is 2.48. The van der Waals surface area contributed by atoms with Crippen LogP contribution in [0.25, 0.3) is 11.3 Å². The van der Waals surface area contributed by atoms with Gasteiger partial charge in [0.15, 0.2) is 0 Å². The fourth-order valence-electron chi connectivity index (χ4n) is 1.46. The first-order chi connectivity index (χ1) is 6.68. The number of nitrogens with one attached hydrogen (secondary N) is 1. The molecule has 0 unspecified atom stereocenters. The van der Waals surface area contributed by atoms with Gasteiger partial charge in [0, 0.05) is 5.56 Å². The number of hydrogen-bond acceptors (Lipinski definition) is 2. The third-order valence-corrected chi connectivity index (χ3v) is 2.30. The van der Waals surface area contributed by atoms with Gasteiger partial charge in [-0.05, 0) is 19.9 Å². The molecule has 3 heteroatoms. The van der Waals surface area contributed by atoms with Crippen LogP contribution in [0.3, 0.4) is 0 Å². The van der Waals surface area contributed by atoms with Crippen LogP contribution >= 0.6 is 0 Å². The zero-order chi connectivity index (χ0) is 10.1. The van der Waals surface area contributed by atoms with E-state index in [0.29, 0.717) is 0 Å². The summed E-state index contributed by atoms with van der Waals surface area (Å²) in [7, 11) is 0. The summed E-state index contributed by atoms with van der Waals surface area (Å²) in [5.74, 6) is 0. The van der Waals surface area contributed by atoms with Crippen molar-refractivity contribution in [2.45, 2.75) is 13.8 Å². The van der Waals surface area contributed by atoms with Crippen LogP contribution < -0.4 is 5.73 Å². The molecule has 1 aromatic carbocycles. The molecule has 0 aliphatic heterocycles. The zero-order valence-corrected chi connectivity index (χ0v) is 8.33. The second-order valence-corrected chi connectivity index (χ2v) is 3.47. The highest BCUT2D eigenvalue weighted by atomic mass is 15.1.